The molecule has 56 heavy (non-hydrogen) atoms. The van der Waals surface area contributed by atoms with E-state index in [9.17, 15) is 30.0 Å². The van der Waals surface area contributed by atoms with Gasteiger partial charge in [-0.05, 0) is 61.6 Å². The third kappa shape index (κ3) is 15.3. The third-order valence-corrected chi connectivity index (χ3v) is 9.44. The number of carbonyl (C=O) groups excluding carboxylic acids is 3. The van der Waals surface area contributed by atoms with Crippen molar-refractivity contribution in [3.63, 3.8) is 0 Å². The average Bonchev–Trinajstić information content (AvgIpc) is 3.19. The molecule has 0 aliphatic rings. The number of aryl methyl sites for hydroxylation is 1. The first-order valence-corrected chi connectivity index (χ1v) is 19.8. The molecule has 0 saturated heterocycles. The van der Waals surface area contributed by atoms with E-state index in [1.807, 2.05) is 24.3 Å². The molecule has 3 aromatic rings. The van der Waals surface area contributed by atoms with Crippen molar-refractivity contribution >= 4 is 46.6 Å². The molecule has 0 bridgehead atoms. The number of hydrogen-bond acceptors (Lipinski definition) is 9. The van der Waals surface area contributed by atoms with Crippen molar-refractivity contribution in [3.8, 4) is 29.4 Å². The number of esters is 1. The number of nitrogens with zero attached hydrogens (tertiary/aromatic N) is 2. The monoisotopic (exact) mass is 787 g/mol. The van der Waals surface area contributed by atoms with Gasteiger partial charge in [-0.25, -0.2) is 9.59 Å². The van der Waals surface area contributed by atoms with Crippen LogP contribution in [0.2, 0.25) is 5.02 Å². The number of methoxy groups -OCH3 is 1. The van der Waals surface area contributed by atoms with Crippen molar-refractivity contribution in [1.29, 1.82) is 10.5 Å². The number of anilines is 3. The van der Waals surface area contributed by atoms with Crippen LogP contribution < -0.4 is 25.4 Å². The molecule has 0 saturated carbocycles. The van der Waals surface area contributed by atoms with Crippen molar-refractivity contribution < 1.29 is 33.7 Å². The topological polar surface area (TPSA) is 183 Å². The lowest BCUT2D eigenvalue weighted by Crippen LogP contribution is -2.33. The smallest absolute Gasteiger partial charge is 0.343 e. The molecule has 4 N–H and O–H groups in total. The van der Waals surface area contributed by atoms with E-state index in [0.717, 1.165) is 56.9 Å². The molecule has 0 radical (unpaired) electrons. The Kier molecular flexibility index (Phi) is 19.9. The molecule has 0 fully saturated rings. The number of rotatable bonds is 24. The van der Waals surface area contributed by atoms with Gasteiger partial charge in [0.1, 0.15) is 29.4 Å². The van der Waals surface area contributed by atoms with E-state index >= 15 is 0 Å². The summed E-state index contributed by atoms with van der Waals surface area (Å²) < 4.78 is 16.7. The van der Waals surface area contributed by atoms with E-state index in [1.54, 1.807) is 6.07 Å². The molecular weight excluding hydrogens is 734 g/mol. The van der Waals surface area contributed by atoms with Gasteiger partial charge in [0, 0.05) is 17.8 Å². The average molecular weight is 788 g/mol. The lowest BCUT2D eigenvalue weighted by atomic mass is 10.0. The number of carbonyl (C=O) groups is 3. The van der Waals surface area contributed by atoms with Crippen molar-refractivity contribution in [2.45, 2.75) is 116 Å². The van der Waals surface area contributed by atoms with Crippen LogP contribution in [0.3, 0.4) is 0 Å². The summed E-state index contributed by atoms with van der Waals surface area (Å²) in [4.78, 5) is 38.9. The number of halogens is 1. The second-order valence-corrected chi connectivity index (χ2v) is 14.0. The van der Waals surface area contributed by atoms with Crippen LogP contribution in [-0.4, -0.2) is 42.8 Å². The van der Waals surface area contributed by atoms with Crippen molar-refractivity contribution in [2.24, 2.45) is 0 Å². The molecule has 300 valence electrons. The minimum atomic E-state index is -0.961. The number of amides is 3. The number of hydrogen-bond donors (Lipinski definition) is 4. The number of aromatic hydroxyl groups is 1. The molecule has 0 aliphatic carbocycles. The van der Waals surface area contributed by atoms with Gasteiger partial charge in [0.2, 0.25) is 0 Å². The molecule has 13 heteroatoms. The quantitative estimate of drug-likeness (QED) is 0.0390. The molecule has 0 heterocycles. The van der Waals surface area contributed by atoms with Crippen LogP contribution in [0.1, 0.15) is 120 Å². The van der Waals surface area contributed by atoms with Gasteiger partial charge < -0.3 is 35.3 Å². The van der Waals surface area contributed by atoms with Gasteiger partial charge in [-0.2, -0.15) is 10.5 Å². The van der Waals surface area contributed by atoms with E-state index in [4.69, 9.17) is 25.8 Å². The number of urea groups is 1. The first-order valence-electron chi connectivity index (χ1n) is 19.5. The number of phenolic OH excluding ortho intramolecular Hbond substituents is 1. The summed E-state index contributed by atoms with van der Waals surface area (Å²) in [7, 11) is 1.20. The fourth-order valence-electron chi connectivity index (χ4n) is 5.98. The van der Waals surface area contributed by atoms with Crippen LogP contribution >= 0.6 is 11.6 Å². The number of ether oxygens (including phenoxy) is 3. The van der Waals surface area contributed by atoms with Gasteiger partial charge in [0.15, 0.2) is 12.7 Å². The van der Waals surface area contributed by atoms with Gasteiger partial charge >= 0.3 is 12.0 Å². The van der Waals surface area contributed by atoms with Gasteiger partial charge in [0.25, 0.3) is 5.91 Å². The van der Waals surface area contributed by atoms with Gasteiger partial charge in [-0.3, -0.25) is 4.79 Å². The molecule has 0 aliphatic heterocycles. The summed E-state index contributed by atoms with van der Waals surface area (Å²) in [6, 6.07) is 15.2. The first-order chi connectivity index (χ1) is 27.1. The highest BCUT2D eigenvalue weighted by Crippen LogP contribution is 2.37. The predicted octanol–water partition coefficient (Wildman–Crippen LogP) is 10.4. The fourth-order valence-corrected chi connectivity index (χ4v) is 6.23. The highest BCUT2D eigenvalue weighted by molar-refractivity contribution is 6.32. The lowest BCUT2D eigenvalue weighted by molar-refractivity contribution is -0.142. The van der Waals surface area contributed by atoms with Gasteiger partial charge in [0.05, 0.1) is 34.6 Å². The zero-order valence-electron chi connectivity index (χ0n) is 32.7. The zero-order chi connectivity index (χ0) is 40.7. The van der Waals surface area contributed by atoms with Crippen molar-refractivity contribution in [2.75, 3.05) is 29.7 Å². The highest BCUT2D eigenvalue weighted by atomic mass is 35.5. The Morgan fingerprint density at radius 2 is 1.41 bits per heavy atom. The Balaban J connectivity index is 1.80. The van der Waals surface area contributed by atoms with Gasteiger partial charge in [-0.1, -0.05) is 102 Å². The Bertz CT molecular complexity index is 1840. The summed E-state index contributed by atoms with van der Waals surface area (Å²) in [5.41, 5.74) is 1.43. The van der Waals surface area contributed by atoms with E-state index in [2.05, 4.69) is 29.8 Å². The second kappa shape index (κ2) is 24.8. The summed E-state index contributed by atoms with van der Waals surface area (Å²) in [6.45, 7) is 3.83. The number of benzene rings is 3. The highest BCUT2D eigenvalue weighted by Gasteiger charge is 2.24. The zero-order valence-corrected chi connectivity index (χ0v) is 33.4. The Labute approximate surface area is 335 Å². The van der Waals surface area contributed by atoms with Crippen molar-refractivity contribution in [3.05, 3.63) is 70.2 Å². The Hall–Kier alpha value is -5.46. The summed E-state index contributed by atoms with van der Waals surface area (Å²) >= 11 is 6.66. The molecule has 3 amide bonds. The SMILES string of the molecule is CCCCCCCCCCCCC(Oc1ccc(CCCCC)cc1Cl)C(=O)Nc1cc(O)c(NC(=O)Nc2ccc(C#N)c(C#N)c2)cc1OCC(=O)OC. The van der Waals surface area contributed by atoms with Crippen LogP contribution in [0, 0.1) is 22.7 Å². The summed E-state index contributed by atoms with van der Waals surface area (Å²) in [5.74, 6) is -1.33. The molecule has 1 unspecified atom stereocenters. The normalized spacial score (nSPS) is 11.1. The second-order valence-electron chi connectivity index (χ2n) is 13.6. The Morgan fingerprint density at radius 3 is 2.05 bits per heavy atom. The summed E-state index contributed by atoms with van der Waals surface area (Å²) in [6.07, 6.45) is 14.9. The maximum absolute atomic E-state index is 14.0. The number of nitrogens with one attached hydrogen (secondary N) is 3. The van der Waals surface area contributed by atoms with Crippen LogP contribution in [0.4, 0.5) is 21.9 Å². The van der Waals surface area contributed by atoms with Crippen molar-refractivity contribution in [1.82, 2.24) is 0 Å². The third-order valence-electron chi connectivity index (χ3n) is 9.14. The maximum Gasteiger partial charge on any atom is 0.343 e. The van der Waals surface area contributed by atoms with E-state index < -0.39 is 36.4 Å². The summed E-state index contributed by atoms with van der Waals surface area (Å²) in [5, 5.41) is 37.7. The molecular formula is C43H54ClN5O7. The lowest BCUT2D eigenvalue weighted by Gasteiger charge is -2.21. The maximum atomic E-state index is 14.0. The number of phenols is 1. The van der Waals surface area contributed by atoms with Crippen LogP contribution in [0.15, 0.2) is 48.5 Å². The standard InChI is InChI=1S/C43H54ClN5O7/c1-4-6-8-9-10-11-12-13-14-16-18-39(56-38-22-19-30(23-34(38)44)17-15-7-5-2)42(52)48-36-25-37(50)35(26-40(36)55-29-41(51)54-3)49-43(53)47-33-21-20-31(27-45)32(24-33)28-46/h19-26,39,50H,4-18,29H2,1-3H3,(H,48,52)(H2,47,49,53). The number of nitriles is 2. The van der Waals surface area contributed by atoms with Crippen LogP contribution in [-0.2, 0) is 20.7 Å². The minimum Gasteiger partial charge on any atom is -0.506 e. The first kappa shape index (κ1) is 44.9. The molecule has 3 rings (SSSR count). The van der Waals surface area contributed by atoms with E-state index in [0.29, 0.717) is 17.2 Å². The largest absolute Gasteiger partial charge is 0.506 e. The van der Waals surface area contributed by atoms with E-state index in [1.165, 1.54) is 76.0 Å². The molecule has 1 atom stereocenters. The molecule has 0 aromatic heterocycles. The molecule has 0 spiro atoms. The minimum absolute atomic E-state index is 0.0159. The predicted molar refractivity (Wildman–Crippen MR) is 218 cm³/mol. The Morgan fingerprint density at radius 1 is 0.750 bits per heavy atom. The number of unbranched alkanes of at least 4 members (excludes halogenated alkanes) is 11. The molecule has 3 aromatic carbocycles. The molecule has 12 nitrogen and oxygen atoms in total. The van der Waals surface area contributed by atoms with Gasteiger partial charge in [-0.15, -0.1) is 0 Å². The van der Waals surface area contributed by atoms with E-state index in [-0.39, 0.29) is 33.9 Å². The van der Waals surface area contributed by atoms with Crippen LogP contribution in [0.25, 0.3) is 0 Å². The van der Waals surface area contributed by atoms with Crippen LogP contribution in [0.5, 0.6) is 17.2 Å². The fraction of sp³-hybridized carbons (Fsp3) is 0.465.